The van der Waals surface area contributed by atoms with E-state index in [0.29, 0.717) is 35.5 Å². The van der Waals surface area contributed by atoms with E-state index in [4.69, 9.17) is 14.2 Å². The zero-order valence-corrected chi connectivity index (χ0v) is 25.0. The predicted octanol–water partition coefficient (Wildman–Crippen LogP) is 6.52. The number of amides is 1. The highest BCUT2D eigenvalue weighted by Crippen LogP contribution is 2.43. The minimum Gasteiger partial charge on any atom is -0.490 e. The van der Waals surface area contributed by atoms with E-state index in [1.54, 1.807) is 18.7 Å². The number of carbonyl (C=O) groups is 2. The number of hydrogen-bond donors (Lipinski definition) is 1. The van der Waals surface area contributed by atoms with Gasteiger partial charge in [0.05, 0.1) is 21.7 Å². The van der Waals surface area contributed by atoms with Crippen LogP contribution in [0, 0.1) is 9.49 Å². The van der Waals surface area contributed by atoms with E-state index in [1.165, 1.54) is 6.42 Å². The Balaban J connectivity index is 1.62. The normalized spacial score (nSPS) is 22.4. The third-order valence-corrected chi connectivity index (χ3v) is 8.61. The fraction of sp³-hybridized carbons (Fsp3) is 0.448. The number of halogens is 1. The molecule has 7 nitrogen and oxygen atoms in total. The summed E-state index contributed by atoms with van der Waals surface area (Å²) in [7, 11) is 0. The molecule has 1 aliphatic carbocycles. The smallest absolute Gasteiger partial charge is 0.344 e. The summed E-state index contributed by atoms with van der Waals surface area (Å²) in [4.78, 5) is 28.4. The van der Waals surface area contributed by atoms with Gasteiger partial charge < -0.3 is 24.4 Å². The molecule has 2 aromatic rings. The Bertz CT molecular complexity index is 1160. The van der Waals surface area contributed by atoms with Crippen molar-refractivity contribution >= 4 is 58.0 Å². The molecule has 204 valence electrons. The molecule has 38 heavy (non-hydrogen) atoms. The second-order valence-corrected chi connectivity index (χ2v) is 11.7. The third kappa shape index (κ3) is 6.97. The summed E-state index contributed by atoms with van der Waals surface area (Å²) in [6, 6.07) is 14.0. The summed E-state index contributed by atoms with van der Waals surface area (Å²) in [5.41, 5.74) is 1.65. The van der Waals surface area contributed by atoms with Gasteiger partial charge in [-0.25, -0.2) is 4.79 Å². The number of nitrogens with one attached hydrogen (secondary N) is 1. The lowest BCUT2D eigenvalue weighted by Gasteiger charge is -2.39. The number of esters is 1. The van der Waals surface area contributed by atoms with Crippen molar-refractivity contribution in [1.82, 2.24) is 4.90 Å². The van der Waals surface area contributed by atoms with Crippen LogP contribution < -0.4 is 14.8 Å². The second kappa shape index (κ2) is 13.6. The molecule has 1 amide bonds. The zero-order valence-electron chi connectivity index (χ0n) is 22.1. The first-order valence-corrected chi connectivity index (χ1v) is 15.1. The van der Waals surface area contributed by atoms with Crippen molar-refractivity contribution in [3.8, 4) is 11.5 Å². The molecule has 9 heteroatoms. The lowest BCUT2D eigenvalue weighted by atomic mass is 9.85. The van der Waals surface area contributed by atoms with Gasteiger partial charge >= 0.3 is 5.97 Å². The first kappa shape index (κ1) is 28.6. The molecule has 1 aliphatic heterocycles. The summed E-state index contributed by atoms with van der Waals surface area (Å²) in [6.07, 6.45) is 6.45. The SMILES string of the molecule is CCOC(=O)COc1c(I)cc(/C=C2\SC(Nc3ccccc3)N([C@H]3CCCC[C@@H]3C)C2=O)cc1OCC. The molecular weight excluding hydrogens is 615 g/mol. The zero-order chi connectivity index (χ0) is 27.1. The van der Waals surface area contributed by atoms with Crippen LogP contribution in [0.5, 0.6) is 11.5 Å². The molecule has 0 aromatic heterocycles. The average Bonchev–Trinajstić information content (AvgIpc) is 3.18. The summed E-state index contributed by atoms with van der Waals surface area (Å²) in [6.45, 7) is 6.46. The molecule has 1 heterocycles. The Hall–Kier alpha value is -2.40. The molecule has 3 atom stereocenters. The number of hydrogen-bond acceptors (Lipinski definition) is 7. The standard InChI is InChI=1S/C29H35IN2O5S/c1-4-35-24-16-20(15-22(30)27(24)37-18-26(33)36-5-2)17-25-28(34)32(23-14-10-9-11-19(23)3)29(38-25)31-21-12-7-6-8-13-21/h6-8,12-13,15-17,19,23,29,31H,4-5,9-11,14,18H2,1-3H3/b25-17-/t19-,23-,29?/m0/s1. The van der Waals surface area contributed by atoms with Gasteiger partial charge in [-0.3, -0.25) is 4.79 Å². The number of nitrogens with zero attached hydrogens (tertiary/aromatic N) is 1. The van der Waals surface area contributed by atoms with E-state index in [2.05, 4.69) is 39.7 Å². The highest BCUT2D eigenvalue weighted by Gasteiger charge is 2.43. The molecule has 1 saturated carbocycles. The van der Waals surface area contributed by atoms with E-state index in [-0.39, 0.29) is 24.1 Å². The lowest BCUT2D eigenvalue weighted by Crippen LogP contribution is -2.48. The van der Waals surface area contributed by atoms with E-state index in [9.17, 15) is 9.59 Å². The summed E-state index contributed by atoms with van der Waals surface area (Å²) < 4.78 is 17.4. The van der Waals surface area contributed by atoms with E-state index >= 15 is 0 Å². The maximum Gasteiger partial charge on any atom is 0.344 e. The van der Waals surface area contributed by atoms with Crippen LogP contribution in [-0.2, 0) is 14.3 Å². The molecule has 0 spiro atoms. The Labute approximate surface area is 242 Å². The van der Waals surface area contributed by atoms with Crippen LogP contribution >= 0.6 is 34.4 Å². The molecule has 0 bridgehead atoms. The van der Waals surface area contributed by atoms with Gasteiger partial charge in [-0.15, -0.1) is 0 Å². The Morgan fingerprint density at radius 3 is 2.61 bits per heavy atom. The highest BCUT2D eigenvalue weighted by atomic mass is 127. The lowest BCUT2D eigenvalue weighted by molar-refractivity contribution is -0.145. The van der Waals surface area contributed by atoms with Crippen LogP contribution in [0.1, 0.15) is 52.0 Å². The molecule has 1 N–H and O–H groups in total. The molecule has 2 aromatic carbocycles. The average molecular weight is 651 g/mol. The highest BCUT2D eigenvalue weighted by molar-refractivity contribution is 14.1. The van der Waals surface area contributed by atoms with Gasteiger partial charge in [0.15, 0.2) is 23.6 Å². The topological polar surface area (TPSA) is 77.1 Å². The van der Waals surface area contributed by atoms with Crippen molar-refractivity contribution in [2.24, 2.45) is 5.92 Å². The van der Waals surface area contributed by atoms with Gasteiger partial charge in [0.2, 0.25) is 0 Å². The van der Waals surface area contributed by atoms with Crippen LogP contribution in [0.25, 0.3) is 6.08 Å². The van der Waals surface area contributed by atoms with E-state index in [0.717, 1.165) is 34.1 Å². The van der Waals surface area contributed by atoms with Gasteiger partial charge in [-0.05, 0) is 91.1 Å². The van der Waals surface area contributed by atoms with E-state index in [1.807, 2.05) is 55.5 Å². The summed E-state index contributed by atoms with van der Waals surface area (Å²) in [5, 5.41) is 3.58. The van der Waals surface area contributed by atoms with Crippen molar-refractivity contribution in [3.63, 3.8) is 0 Å². The first-order chi connectivity index (χ1) is 18.4. The van der Waals surface area contributed by atoms with Crippen LogP contribution in [0.3, 0.4) is 0 Å². The number of carbonyl (C=O) groups excluding carboxylic acids is 2. The molecular formula is C29H35IN2O5S. The predicted molar refractivity (Wildman–Crippen MR) is 160 cm³/mol. The fourth-order valence-corrected chi connectivity index (χ4v) is 6.92. The minimum absolute atomic E-state index is 0.0535. The van der Waals surface area contributed by atoms with Gasteiger partial charge in [-0.2, -0.15) is 0 Å². The number of anilines is 1. The molecule has 2 fully saturated rings. The summed E-state index contributed by atoms with van der Waals surface area (Å²) in [5.74, 6) is 1.10. The third-order valence-electron chi connectivity index (χ3n) is 6.69. The van der Waals surface area contributed by atoms with Crippen molar-refractivity contribution in [2.45, 2.75) is 58.0 Å². The number of thioether (sulfide) groups is 1. The summed E-state index contributed by atoms with van der Waals surface area (Å²) >= 11 is 3.72. The van der Waals surface area contributed by atoms with Crippen molar-refractivity contribution in [3.05, 3.63) is 56.5 Å². The second-order valence-electron chi connectivity index (χ2n) is 9.39. The Morgan fingerprint density at radius 2 is 1.89 bits per heavy atom. The fourth-order valence-electron chi connectivity index (χ4n) is 4.93. The number of benzene rings is 2. The van der Waals surface area contributed by atoms with Crippen LogP contribution in [-0.4, -0.2) is 48.1 Å². The number of para-hydroxylation sites is 1. The maximum absolute atomic E-state index is 13.8. The van der Waals surface area contributed by atoms with Crippen molar-refractivity contribution < 1.29 is 23.8 Å². The maximum atomic E-state index is 13.8. The van der Waals surface area contributed by atoms with Gasteiger partial charge in [0.25, 0.3) is 5.91 Å². The molecule has 0 radical (unpaired) electrons. The molecule has 1 saturated heterocycles. The Morgan fingerprint density at radius 1 is 1.13 bits per heavy atom. The van der Waals surface area contributed by atoms with Crippen LogP contribution in [0.15, 0.2) is 47.4 Å². The Kier molecular flexibility index (Phi) is 10.2. The van der Waals surface area contributed by atoms with Crippen molar-refractivity contribution in [2.75, 3.05) is 25.1 Å². The largest absolute Gasteiger partial charge is 0.490 e. The number of ether oxygens (including phenoxy) is 3. The quantitative estimate of drug-likeness (QED) is 0.178. The minimum atomic E-state index is -0.432. The van der Waals surface area contributed by atoms with E-state index < -0.39 is 5.97 Å². The monoisotopic (exact) mass is 650 g/mol. The van der Waals surface area contributed by atoms with Crippen molar-refractivity contribution in [1.29, 1.82) is 0 Å². The van der Waals surface area contributed by atoms with Gasteiger partial charge in [0, 0.05) is 11.7 Å². The molecule has 2 aliphatic rings. The number of rotatable bonds is 10. The first-order valence-electron chi connectivity index (χ1n) is 13.2. The van der Waals surface area contributed by atoms with Crippen LogP contribution in [0.2, 0.25) is 0 Å². The molecule has 4 rings (SSSR count). The molecule has 1 unspecified atom stereocenters. The van der Waals surface area contributed by atoms with Crippen LogP contribution in [0.4, 0.5) is 5.69 Å². The van der Waals surface area contributed by atoms with Gasteiger partial charge in [0.1, 0.15) is 0 Å². The van der Waals surface area contributed by atoms with Gasteiger partial charge in [-0.1, -0.05) is 49.7 Å².